The Morgan fingerprint density at radius 1 is 1.10 bits per heavy atom. The Hall–Kier alpha value is -3.24. The Kier molecular flexibility index (Phi) is 10.4. The minimum absolute atomic E-state index is 0.0192. The maximum atomic E-state index is 14.8. The zero-order chi connectivity index (χ0) is 30.4. The van der Waals surface area contributed by atoms with Crippen LogP contribution in [-0.4, -0.2) is 43.8 Å². The van der Waals surface area contributed by atoms with Crippen LogP contribution in [0.5, 0.6) is 0 Å². The van der Waals surface area contributed by atoms with Crippen LogP contribution in [0.4, 0.5) is 36.8 Å². The summed E-state index contributed by atoms with van der Waals surface area (Å²) in [5, 5.41) is 27.4. The van der Waals surface area contributed by atoms with Gasteiger partial charge < -0.3 is 19.4 Å². The number of pyridine rings is 1. The molecule has 0 aliphatic heterocycles. The first kappa shape index (κ1) is 32.3. The number of hydrogen-bond acceptors (Lipinski definition) is 7. The van der Waals surface area contributed by atoms with E-state index >= 15 is 0 Å². The summed E-state index contributed by atoms with van der Waals surface area (Å²) in [6, 6.07) is 8.40. The number of aromatic nitrogens is 3. The molecule has 2 aromatic heterocycles. The Labute approximate surface area is 238 Å². The van der Waals surface area contributed by atoms with Crippen molar-refractivity contribution in [3.05, 3.63) is 58.0 Å². The summed E-state index contributed by atoms with van der Waals surface area (Å²) in [6.45, 7) is 1.06. The van der Waals surface area contributed by atoms with Crippen LogP contribution in [0.25, 0.3) is 11.6 Å². The quantitative estimate of drug-likeness (QED) is 0.105. The van der Waals surface area contributed by atoms with E-state index in [2.05, 4.69) is 31.1 Å². The van der Waals surface area contributed by atoms with Gasteiger partial charge in [0.05, 0.1) is 24.0 Å². The molecule has 2 heterocycles. The second-order valence-corrected chi connectivity index (χ2v) is 9.86. The van der Waals surface area contributed by atoms with Gasteiger partial charge in [0.1, 0.15) is 4.60 Å². The fraction of sp³-hybridized carbons (Fsp3) is 0.440. The molecule has 224 valence electrons. The van der Waals surface area contributed by atoms with E-state index in [-0.39, 0.29) is 6.42 Å². The molecule has 9 nitrogen and oxygen atoms in total. The van der Waals surface area contributed by atoms with Gasteiger partial charge in [-0.3, -0.25) is 5.32 Å². The van der Waals surface area contributed by atoms with Crippen LogP contribution in [0.15, 0.2) is 45.4 Å². The zero-order valence-corrected chi connectivity index (χ0v) is 23.0. The monoisotopic (exact) mass is 654 g/mol. The number of halogens is 7. The van der Waals surface area contributed by atoms with Gasteiger partial charge in [0, 0.05) is 0 Å². The number of amides is 1. The number of unbranched alkanes of at least 4 members (excludes halogenated alkanes) is 2. The Balaban J connectivity index is 2.07. The highest BCUT2D eigenvalue weighted by molar-refractivity contribution is 9.10. The normalized spacial score (nSPS) is 14.5. The lowest BCUT2D eigenvalue weighted by molar-refractivity contribution is -0.300. The molecule has 16 heteroatoms. The summed E-state index contributed by atoms with van der Waals surface area (Å²) in [4.78, 5) is 14.9. The highest BCUT2D eigenvalue weighted by atomic mass is 79.9. The minimum Gasteiger partial charge on any atom is -0.465 e. The molecule has 3 rings (SSSR count). The SMILES string of the molecule is C[C@@H](O)CCCCC[C@@](OCc1ccccc1)(c1nnc(-c2nc(Br)c(C(F)(F)F)cc2NC(=O)O)o1)C(F)(F)F. The van der Waals surface area contributed by atoms with E-state index in [9.17, 15) is 36.2 Å². The molecule has 1 amide bonds. The van der Waals surface area contributed by atoms with Crippen LogP contribution in [0.3, 0.4) is 0 Å². The van der Waals surface area contributed by atoms with Crippen molar-refractivity contribution in [1.82, 2.24) is 15.2 Å². The van der Waals surface area contributed by atoms with Crippen molar-refractivity contribution in [2.24, 2.45) is 0 Å². The number of carbonyl (C=O) groups is 1. The van der Waals surface area contributed by atoms with Gasteiger partial charge in [-0.15, -0.1) is 10.2 Å². The van der Waals surface area contributed by atoms with Crippen LogP contribution in [-0.2, 0) is 23.1 Å². The van der Waals surface area contributed by atoms with Crippen LogP contribution in [0.2, 0.25) is 0 Å². The molecular formula is C25H25BrF6N4O5. The minimum atomic E-state index is -5.09. The molecule has 0 saturated carbocycles. The van der Waals surface area contributed by atoms with Crippen molar-refractivity contribution in [3.63, 3.8) is 0 Å². The molecule has 3 N–H and O–H groups in total. The number of hydrogen-bond donors (Lipinski definition) is 3. The summed E-state index contributed by atoms with van der Waals surface area (Å²) in [7, 11) is 0. The smallest absolute Gasteiger partial charge is 0.426 e. The summed E-state index contributed by atoms with van der Waals surface area (Å²) in [5.74, 6) is -1.81. The molecule has 2 atom stereocenters. The van der Waals surface area contributed by atoms with Gasteiger partial charge in [-0.1, -0.05) is 43.2 Å². The Morgan fingerprint density at radius 3 is 2.37 bits per heavy atom. The van der Waals surface area contributed by atoms with E-state index in [0.29, 0.717) is 30.9 Å². The number of nitrogens with one attached hydrogen (secondary N) is 1. The molecular weight excluding hydrogens is 630 g/mol. The van der Waals surface area contributed by atoms with E-state index in [1.165, 1.54) is 0 Å². The van der Waals surface area contributed by atoms with E-state index < -0.39 is 76.5 Å². The summed E-state index contributed by atoms with van der Waals surface area (Å²) < 4.78 is 94.5. The average Bonchev–Trinajstić information content (AvgIpc) is 3.35. The van der Waals surface area contributed by atoms with E-state index in [1.807, 2.05) is 0 Å². The van der Waals surface area contributed by atoms with Gasteiger partial charge in [-0.05, 0) is 53.7 Å². The number of aliphatic hydroxyl groups is 1. The second-order valence-electron chi connectivity index (χ2n) is 9.11. The van der Waals surface area contributed by atoms with Crippen LogP contribution in [0, 0.1) is 0 Å². The average molecular weight is 655 g/mol. The van der Waals surface area contributed by atoms with E-state index in [4.69, 9.17) is 14.3 Å². The zero-order valence-electron chi connectivity index (χ0n) is 21.4. The van der Waals surface area contributed by atoms with Crippen molar-refractivity contribution < 1.29 is 50.5 Å². The lowest BCUT2D eigenvalue weighted by atomic mass is 9.94. The summed E-state index contributed by atoms with van der Waals surface area (Å²) >= 11 is 2.65. The van der Waals surface area contributed by atoms with Crippen molar-refractivity contribution in [3.8, 4) is 11.6 Å². The number of rotatable bonds is 12. The van der Waals surface area contributed by atoms with Crippen molar-refractivity contribution >= 4 is 27.7 Å². The van der Waals surface area contributed by atoms with Gasteiger partial charge in [-0.2, -0.15) is 26.3 Å². The Morgan fingerprint density at radius 2 is 1.78 bits per heavy atom. The van der Waals surface area contributed by atoms with Gasteiger partial charge in [-0.25, -0.2) is 9.78 Å². The van der Waals surface area contributed by atoms with Gasteiger partial charge in [0.15, 0.2) is 5.69 Å². The van der Waals surface area contributed by atoms with Crippen LogP contribution >= 0.6 is 15.9 Å². The van der Waals surface area contributed by atoms with E-state index in [1.54, 1.807) is 42.6 Å². The topological polar surface area (TPSA) is 131 Å². The number of benzene rings is 1. The molecule has 0 saturated heterocycles. The fourth-order valence-electron chi connectivity index (χ4n) is 3.90. The standard InChI is InChI=1S/C25H25BrF6N4O5/c1-14(37)8-4-3-7-11-23(25(30,31)32,40-13-15-9-5-2-6-10-15)21-36-35-20(41-21)18-17(33-22(38)39)12-16(19(26)34-18)24(27,28)29/h2,5-6,9-10,12,14,33,37H,3-4,7-8,11,13H2,1H3,(H,38,39)/t14-,23-/m1/s1. The van der Waals surface area contributed by atoms with Crippen LogP contribution in [0.1, 0.15) is 56.0 Å². The third kappa shape index (κ3) is 8.16. The van der Waals surface area contributed by atoms with Crippen molar-refractivity contribution in [1.29, 1.82) is 0 Å². The number of nitrogens with zero attached hydrogens (tertiary/aromatic N) is 3. The predicted molar refractivity (Wildman–Crippen MR) is 136 cm³/mol. The summed E-state index contributed by atoms with van der Waals surface area (Å²) in [6.07, 6.45) is -12.0. The molecule has 1 aromatic carbocycles. The molecule has 0 radical (unpaired) electrons. The first-order chi connectivity index (χ1) is 19.1. The van der Waals surface area contributed by atoms with Gasteiger partial charge in [0.25, 0.3) is 11.8 Å². The highest BCUT2D eigenvalue weighted by Crippen LogP contribution is 2.47. The summed E-state index contributed by atoms with van der Waals surface area (Å²) in [5.41, 5.74) is -5.44. The van der Waals surface area contributed by atoms with Crippen molar-refractivity contribution in [2.45, 2.75) is 69.7 Å². The van der Waals surface area contributed by atoms with Gasteiger partial charge in [0.2, 0.25) is 5.60 Å². The van der Waals surface area contributed by atoms with E-state index in [0.717, 1.165) is 0 Å². The van der Waals surface area contributed by atoms with Gasteiger partial charge >= 0.3 is 18.4 Å². The number of alkyl halides is 6. The third-order valence-corrected chi connectivity index (χ3v) is 6.54. The Bertz CT molecular complexity index is 1320. The lowest BCUT2D eigenvalue weighted by Gasteiger charge is -2.32. The van der Waals surface area contributed by atoms with Crippen molar-refractivity contribution in [2.75, 3.05) is 5.32 Å². The first-order valence-corrected chi connectivity index (χ1v) is 13.0. The number of aliphatic hydroxyl groups excluding tert-OH is 1. The molecule has 0 aliphatic rings. The number of carboxylic acid groups (broad SMARTS) is 1. The molecule has 0 fully saturated rings. The molecule has 0 bridgehead atoms. The largest absolute Gasteiger partial charge is 0.465 e. The second kappa shape index (κ2) is 13.2. The molecule has 0 spiro atoms. The fourth-order valence-corrected chi connectivity index (χ4v) is 4.42. The molecule has 0 unspecified atom stereocenters. The maximum Gasteiger partial charge on any atom is 0.426 e. The molecule has 41 heavy (non-hydrogen) atoms. The number of anilines is 1. The maximum absolute atomic E-state index is 14.8. The third-order valence-electron chi connectivity index (χ3n) is 5.93. The molecule has 0 aliphatic carbocycles. The lowest BCUT2D eigenvalue weighted by Crippen LogP contribution is -2.45. The number of ether oxygens (including phenoxy) is 1. The predicted octanol–water partition coefficient (Wildman–Crippen LogP) is 7.31. The molecule has 3 aromatic rings. The van der Waals surface area contributed by atoms with Crippen LogP contribution < -0.4 is 5.32 Å². The first-order valence-electron chi connectivity index (χ1n) is 12.2. The highest BCUT2D eigenvalue weighted by Gasteiger charge is 2.61.